The number of aromatic nitrogens is 2. The highest BCUT2D eigenvalue weighted by Gasteiger charge is 2.38. The van der Waals surface area contributed by atoms with Crippen LogP contribution in [0.15, 0.2) is 54.6 Å². The lowest BCUT2D eigenvalue weighted by Gasteiger charge is -2.24. The summed E-state index contributed by atoms with van der Waals surface area (Å²) >= 11 is 0. The molecule has 2 heterocycles. The standard InChI is InChI=1S/C26H30N4O2/c1-28(16-19-9-3-2-4-10-19)25(32)18-30-23-14-8-7-13-22(23)27-26(30)20-15-24(31)29(17-20)21-11-5-6-12-21/h2-4,7-10,13-14,20-21H,5-6,11-12,15-18H2,1H3. The summed E-state index contributed by atoms with van der Waals surface area (Å²) in [6, 6.07) is 18.3. The second-order valence-electron chi connectivity index (χ2n) is 9.17. The molecule has 2 amide bonds. The molecular formula is C26H30N4O2. The van der Waals surface area contributed by atoms with Gasteiger partial charge in [-0.2, -0.15) is 0 Å². The Balaban J connectivity index is 1.39. The Kier molecular flexibility index (Phi) is 5.68. The second kappa shape index (κ2) is 8.77. The van der Waals surface area contributed by atoms with Crippen LogP contribution in [0.5, 0.6) is 0 Å². The van der Waals surface area contributed by atoms with Crippen molar-refractivity contribution in [1.82, 2.24) is 19.4 Å². The van der Waals surface area contributed by atoms with Crippen molar-refractivity contribution < 1.29 is 9.59 Å². The summed E-state index contributed by atoms with van der Waals surface area (Å²) in [4.78, 5) is 34.7. The van der Waals surface area contributed by atoms with Crippen LogP contribution in [0.1, 0.15) is 49.4 Å². The third kappa shape index (κ3) is 4.01. The minimum Gasteiger partial charge on any atom is -0.340 e. The summed E-state index contributed by atoms with van der Waals surface area (Å²) in [6.45, 7) is 1.51. The second-order valence-corrected chi connectivity index (χ2v) is 9.17. The summed E-state index contributed by atoms with van der Waals surface area (Å²) in [6.07, 6.45) is 5.11. The van der Waals surface area contributed by atoms with Crippen molar-refractivity contribution in [3.05, 3.63) is 66.0 Å². The van der Waals surface area contributed by atoms with Gasteiger partial charge in [-0.25, -0.2) is 4.98 Å². The number of fused-ring (bicyclic) bond motifs is 1. The normalized spacial score (nSPS) is 19.2. The fourth-order valence-electron chi connectivity index (χ4n) is 5.25. The molecule has 6 heteroatoms. The van der Waals surface area contributed by atoms with E-state index in [0.29, 0.717) is 25.6 Å². The van der Waals surface area contributed by atoms with E-state index in [1.807, 2.05) is 66.2 Å². The van der Waals surface area contributed by atoms with E-state index in [9.17, 15) is 9.59 Å². The molecule has 0 N–H and O–H groups in total. The molecule has 0 spiro atoms. The smallest absolute Gasteiger partial charge is 0.242 e. The highest BCUT2D eigenvalue weighted by atomic mass is 16.2. The van der Waals surface area contributed by atoms with Gasteiger partial charge in [0.1, 0.15) is 12.4 Å². The van der Waals surface area contributed by atoms with Gasteiger partial charge in [0.05, 0.1) is 11.0 Å². The molecule has 1 atom stereocenters. The number of likely N-dealkylation sites (tertiary alicyclic amines) is 1. The van der Waals surface area contributed by atoms with E-state index in [0.717, 1.165) is 35.3 Å². The van der Waals surface area contributed by atoms with E-state index >= 15 is 0 Å². The third-order valence-electron chi connectivity index (χ3n) is 6.95. The van der Waals surface area contributed by atoms with Crippen molar-refractivity contribution in [3.63, 3.8) is 0 Å². The van der Waals surface area contributed by atoms with Crippen LogP contribution in [0.25, 0.3) is 11.0 Å². The molecule has 5 rings (SSSR count). The van der Waals surface area contributed by atoms with E-state index in [1.54, 1.807) is 4.90 Å². The number of likely N-dealkylation sites (N-methyl/N-ethyl adjacent to an activating group) is 1. The van der Waals surface area contributed by atoms with Gasteiger partial charge in [-0.15, -0.1) is 0 Å². The van der Waals surface area contributed by atoms with Crippen LogP contribution in [0.4, 0.5) is 0 Å². The first-order valence-corrected chi connectivity index (χ1v) is 11.6. The van der Waals surface area contributed by atoms with Gasteiger partial charge in [0, 0.05) is 38.5 Å². The first-order chi connectivity index (χ1) is 15.6. The summed E-state index contributed by atoms with van der Waals surface area (Å²) in [7, 11) is 1.84. The molecule has 0 radical (unpaired) electrons. The van der Waals surface area contributed by atoms with E-state index in [1.165, 1.54) is 12.8 Å². The highest BCUT2D eigenvalue weighted by Crippen LogP contribution is 2.35. The largest absolute Gasteiger partial charge is 0.340 e. The Morgan fingerprint density at radius 1 is 1.06 bits per heavy atom. The van der Waals surface area contributed by atoms with Crippen LogP contribution >= 0.6 is 0 Å². The van der Waals surface area contributed by atoms with E-state index in [4.69, 9.17) is 4.98 Å². The van der Waals surface area contributed by atoms with Gasteiger partial charge >= 0.3 is 0 Å². The minimum atomic E-state index is 0.0303. The predicted molar refractivity (Wildman–Crippen MR) is 124 cm³/mol. The topological polar surface area (TPSA) is 58.4 Å². The average molecular weight is 431 g/mol. The van der Waals surface area contributed by atoms with Gasteiger partial charge in [0.25, 0.3) is 0 Å². The molecule has 166 valence electrons. The summed E-state index contributed by atoms with van der Waals surface area (Å²) in [5, 5.41) is 0. The molecule has 1 aliphatic carbocycles. The molecule has 1 unspecified atom stereocenters. The zero-order chi connectivity index (χ0) is 22.1. The van der Waals surface area contributed by atoms with E-state index in [2.05, 4.69) is 4.90 Å². The Morgan fingerprint density at radius 2 is 1.78 bits per heavy atom. The number of nitrogens with zero attached hydrogens (tertiary/aromatic N) is 4. The molecule has 1 saturated heterocycles. The molecule has 1 saturated carbocycles. The Bertz CT molecular complexity index is 1120. The number of imidazole rings is 1. The number of hydrogen-bond acceptors (Lipinski definition) is 3. The van der Waals surface area contributed by atoms with Gasteiger partial charge in [-0.05, 0) is 30.5 Å². The molecule has 1 aromatic heterocycles. The molecule has 2 aliphatic rings. The summed E-state index contributed by atoms with van der Waals surface area (Å²) in [5.74, 6) is 1.16. The Hall–Kier alpha value is -3.15. The first-order valence-electron chi connectivity index (χ1n) is 11.6. The van der Waals surface area contributed by atoms with Crippen molar-refractivity contribution in [1.29, 1.82) is 0 Å². The molecule has 2 fully saturated rings. The van der Waals surface area contributed by atoms with Crippen LogP contribution < -0.4 is 0 Å². The van der Waals surface area contributed by atoms with Crippen molar-refractivity contribution in [2.24, 2.45) is 0 Å². The van der Waals surface area contributed by atoms with Gasteiger partial charge in [-0.1, -0.05) is 55.3 Å². The van der Waals surface area contributed by atoms with Gasteiger partial charge < -0.3 is 14.4 Å². The molecule has 3 aromatic rings. The van der Waals surface area contributed by atoms with Crippen molar-refractivity contribution in [2.75, 3.05) is 13.6 Å². The van der Waals surface area contributed by atoms with Crippen LogP contribution in [-0.4, -0.2) is 50.8 Å². The van der Waals surface area contributed by atoms with Gasteiger partial charge in [-0.3, -0.25) is 9.59 Å². The number of benzene rings is 2. The van der Waals surface area contributed by atoms with Gasteiger partial charge in [0.2, 0.25) is 11.8 Å². The maximum Gasteiger partial charge on any atom is 0.242 e. The van der Waals surface area contributed by atoms with Crippen LogP contribution in [0, 0.1) is 0 Å². The van der Waals surface area contributed by atoms with E-state index < -0.39 is 0 Å². The highest BCUT2D eigenvalue weighted by molar-refractivity contribution is 5.83. The molecule has 0 bridgehead atoms. The van der Waals surface area contributed by atoms with Crippen molar-refractivity contribution in [3.8, 4) is 0 Å². The van der Waals surface area contributed by atoms with E-state index in [-0.39, 0.29) is 24.3 Å². The lowest BCUT2D eigenvalue weighted by atomic mass is 10.1. The van der Waals surface area contributed by atoms with Crippen molar-refractivity contribution in [2.45, 2.75) is 57.2 Å². The first kappa shape index (κ1) is 20.7. The van der Waals surface area contributed by atoms with Crippen LogP contribution in [0.3, 0.4) is 0 Å². The summed E-state index contributed by atoms with van der Waals surface area (Å²) in [5.41, 5.74) is 2.94. The van der Waals surface area contributed by atoms with Crippen molar-refractivity contribution >= 4 is 22.8 Å². The lowest BCUT2D eigenvalue weighted by Crippen LogP contribution is -2.34. The molecule has 6 nitrogen and oxygen atoms in total. The maximum absolute atomic E-state index is 13.2. The monoisotopic (exact) mass is 430 g/mol. The quantitative estimate of drug-likeness (QED) is 0.595. The van der Waals surface area contributed by atoms with Crippen LogP contribution in [-0.2, 0) is 22.7 Å². The number of carbonyl (C=O) groups is 2. The molecule has 32 heavy (non-hydrogen) atoms. The molecular weight excluding hydrogens is 400 g/mol. The van der Waals surface area contributed by atoms with Gasteiger partial charge in [0.15, 0.2) is 0 Å². The molecule has 2 aromatic carbocycles. The number of amides is 2. The number of para-hydroxylation sites is 2. The Labute approximate surface area is 188 Å². The Morgan fingerprint density at radius 3 is 2.56 bits per heavy atom. The zero-order valence-corrected chi connectivity index (χ0v) is 18.6. The fourth-order valence-corrected chi connectivity index (χ4v) is 5.25. The predicted octanol–water partition coefficient (Wildman–Crippen LogP) is 3.95. The fraction of sp³-hybridized carbons (Fsp3) is 0.423. The third-order valence-corrected chi connectivity index (χ3v) is 6.95. The number of hydrogen-bond donors (Lipinski definition) is 0. The lowest BCUT2D eigenvalue weighted by molar-refractivity contribution is -0.131. The zero-order valence-electron chi connectivity index (χ0n) is 18.6. The minimum absolute atomic E-state index is 0.0303. The summed E-state index contributed by atoms with van der Waals surface area (Å²) < 4.78 is 2.04. The SMILES string of the molecule is CN(Cc1ccccc1)C(=O)Cn1c(C2CC(=O)N(C3CCCC3)C2)nc2ccccc21. The average Bonchev–Trinajstić information content (AvgIpc) is 3.53. The molecule has 1 aliphatic heterocycles. The number of rotatable bonds is 6. The van der Waals surface area contributed by atoms with Crippen LogP contribution in [0.2, 0.25) is 0 Å². The maximum atomic E-state index is 13.2. The number of carbonyl (C=O) groups excluding carboxylic acids is 2.